The van der Waals surface area contributed by atoms with Crippen molar-refractivity contribution in [1.82, 2.24) is 0 Å². The first-order valence-electron chi connectivity index (χ1n) is 6.86. The summed E-state index contributed by atoms with van der Waals surface area (Å²) in [5, 5.41) is 0. The number of para-hydroxylation sites is 1. The number of hydrogen-bond acceptors (Lipinski definition) is 2. The molecule has 2 rings (SSSR count). The van der Waals surface area contributed by atoms with Crippen molar-refractivity contribution >= 4 is 23.4 Å². The van der Waals surface area contributed by atoms with Gasteiger partial charge in [-0.1, -0.05) is 37.3 Å². The van der Waals surface area contributed by atoms with E-state index in [0.29, 0.717) is 6.54 Å². The first-order chi connectivity index (χ1) is 9.77. The van der Waals surface area contributed by atoms with Crippen LogP contribution in [0.25, 0.3) is 0 Å². The first-order valence-corrected chi connectivity index (χ1v) is 7.85. The molecule has 3 heteroatoms. The number of carbonyl (C=O) groups excluding carboxylic acids is 1. The van der Waals surface area contributed by atoms with E-state index in [1.54, 1.807) is 11.8 Å². The zero-order valence-corrected chi connectivity index (χ0v) is 12.7. The van der Waals surface area contributed by atoms with Crippen LogP contribution in [0.5, 0.6) is 0 Å². The molecule has 0 bridgehead atoms. The number of rotatable bonds is 5. The average molecular weight is 285 g/mol. The van der Waals surface area contributed by atoms with Gasteiger partial charge in [-0.05, 0) is 36.9 Å². The Labute approximate surface area is 124 Å². The Morgan fingerprint density at radius 1 is 1.00 bits per heavy atom. The zero-order chi connectivity index (χ0) is 14.4. The fourth-order valence-corrected chi connectivity index (χ4v) is 2.92. The maximum Gasteiger partial charge on any atom is 0.259 e. The summed E-state index contributed by atoms with van der Waals surface area (Å²) in [5.74, 6) is 1.03. The van der Waals surface area contributed by atoms with E-state index in [1.165, 1.54) is 0 Å². The molecule has 2 nitrogen and oxygen atoms in total. The second-order valence-corrected chi connectivity index (χ2v) is 5.62. The minimum absolute atomic E-state index is 0.0650. The van der Waals surface area contributed by atoms with Gasteiger partial charge in [-0.15, -0.1) is 11.8 Å². The van der Waals surface area contributed by atoms with Gasteiger partial charge in [0.2, 0.25) is 0 Å². The molecule has 0 heterocycles. The molecule has 0 aliphatic rings. The number of carbonyl (C=O) groups is 1. The summed E-state index contributed by atoms with van der Waals surface area (Å²) in [6, 6.07) is 17.6. The Bertz CT molecular complexity index is 568. The number of thioether (sulfide) groups is 1. The van der Waals surface area contributed by atoms with Gasteiger partial charge in [0, 0.05) is 17.1 Å². The van der Waals surface area contributed by atoms with Crippen LogP contribution in [0.15, 0.2) is 59.5 Å². The van der Waals surface area contributed by atoms with Crippen molar-refractivity contribution in [3.05, 3.63) is 60.2 Å². The molecule has 0 aromatic heterocycles. The Kier molecular flexibility index (Phi) is 5.24. The van der Waals surface area contributed by atoms with Gasteiger partial charge < -0.3 is 4.90 Å². The molecule has 20 heavy (non-hydrogen) atoms. The van der Waals surface area contributed by atoms with E-state index in [0.717, 1.165) is 21.9 Å². The van der Waals surface area contributed by atoms with Crippen molar-refractivity contribution in [1.29, 1.82) is 0 Å². The van der Waals surface area contributed by atoms with Crippen LogP contribution in [0.3, 0.4) is 0 Å². The minimum atomic E-state index is 0.0650. The van der Waals surface area contributed by atoms with E-state index in [9.17, 15) is 4.79 Å². The lowest BCUT2D eigenvalue weighted by molar-refractivity contribution is 0.0985. The van der Waals surface area contributed by atoms with E-state index < -0.39 is 0 Å². The van der Waals surface area contributed by atoms with Gasteiger partial charge in [-0.25, -0.2) is 0 Å². The van der Waals surface area contributed by atoms with E-state index in [2.05, 4.69) is 6.92 Å². The summed E-state index contributed by atoms with van der Waals surface area (Å²) in [4.78, 5) is 15.6. The van der Waals surface area contributed by atoms with Crippen LogP contribution < -0.4 is 4.90 Å². The second-order valence-electron chi connectivity index (χ2n) is 4.31. The van der Waals surface area contributed by atoms with E-state index in [4.69, 9.17) is 0 Å². The molecule has 0 atom stereocenters. The van der Waals surface area contributed by atoms with Crippen LogP contribution >= 0.6 is 11.8 Å². The maximum atomic E-state index is 12.8. The molecule has 0 spiro atoms. The van der Waals surface area contributed by atoms with Gasteiger partial charge in [0.1, 0.15) is 0 Å². The smallest absolute Gasteiger partial charge is 0.259 e. The Balaban J connectivity index is 2.34. The summed E-state index contributed by atoms with van der Waals surface area (Å²) < 4.78 is 0. The fourth-order valence-electron chi connectivity index (χ4n) is 2.12. The van der Waals surface area contributed by atoms with Crippen molar-refractivity contribution in [2.24, 2.45) is 0 Å². The molecule has 2 aromatic rings. The van der Waals surface area contributed by atoms with Crippen molar-refractivity contribution in [2.75, 3.05) is 17.2 Å². The van der Waals surface area contributed by atoms with Crippen LogP contribution in [-0.4, -0.2) is 18.2 Å². The van der Waals surface area contributed by atoms with E-state index >= 15 is 0 Å². The average Bonchev–Trinajstić information content (AvgIpc) is 2.50. The Hall–Kier alpha value is -1.74. The first kappa shape index (κ1) is 14.7. The van der Waals surface area contributed by atoms with Crippen LogP contribution in [0.2, 0.25) is 0 Å². The quantitative estimate of drug-likeness (QED) is 0.756. The molecule has 0 fully saturated rings. The molecule has 0 radical (unpaired) electrons. The summed E-state index contributed by atoms with van der Waals surface area (Å²) >= 11 is 1.71. The predicted molar refractivity (Wildman–Crippen MR) is 86.6 cm³/mol. The van der Waals surface area contributed by atoms with Crippen LogP contribution in [0.4, 0.5) is 5.69 Å². The summed E-state index contributed by atoms with van der Waals surface area (Å²) in [6.07, 6.45) is 0. The van der Waals surface area contributed by atoms with E-state index in [-0.39, 0.29) is 5.91 Å². The fraction of sp³-hybridized carbons (Fsp3) is 0.235. The van der Waals surface area contributed by atoms with Gasteiger partial charge in [-0.3, -0.25) is 4.79 Å². The highest BCUT2D eigenvalue weighted by molar-refractivity contribution is 7.99. The van der Waals surface area contributed by atoms with Gasteiger partial charge in [0.15, 0.2) is 0 Å². The minimum Gasteiger partial charge on any atom is -0.309 e. The molecule has 0 unspecified atom stereocenters. The van der Waals surface area contributed by atoms with Gasteiger partial charge >= 0.3 is 0 Å². The second kappa shape index (κ2) is 7.15. The summed E-state index contributed by atoms with van der Waals surface area (Å²) in [5.41, 5.74) is 1.72. The van der Waals surface area contributed by atoms with Crippen molar-refractivity contribution in [2.45, 2.75) is 18.7 Å². The van der Waals surface area contributed by atoms with Crippen LogP contribution in [0, 0.1) is 0 Å². The summed E-state index contributed by atoms with van der Waals surface area (Å²) in [6.45, 7) is 4.76. The molecular formula is C17H19NOS. The Morgan fingerprint density at radius 2 is 1.65 bits per heavy atom. The third-order valence-electron chi connectivity index (χ3n) is 3.05. The van der Waals surface area contributed by atoms with Crippen molar-refractivity contribution in [3.63, 3.8) is 0 Å². The number of nitrogens with zero attached hydrogens (tertiary/aromatic N) is 1. The lowest BCUT2D eigenvalue weighted by Crippen LogP contribution is -2.30. The standard InChI is InChI=1S/C17H19NOS/c1-3-18(14-10-6-5-7-11-14)17(19)15-12-8-9-13-16(15)20-4-2/h5-13H,3-4H2,1-2H3. The zero-order valence-electron chi connectivity index (χ0n) is 11.9. The van der Waals surface area contributed by atoms with Gasteiger partial charge in [0.25, 0.3) is 5.91 Å². The highest BCUT2D eigenvalue weighted by atomic mass is 32.2. The molecule has 0 saturated heterocycles. The SMILES string of the molecule is CCSc1ccccc1C(=O)N(CC)c1ccccc1. The van der Waals surface area contributed by atoms with Gasteiger partial charge in [-0.2, -0.15) is 0 Å². The highest BCUT2D eigenvalue weighted by Crippen LogP contribution is 2.25. The number of anilines is 1. The molecule has 0 aliphatic carbocycles. The third-order valence-corrected chi connectivity index (χ3v) is 4.00. The maximum absolute atomic E-state index is 12.8. The normalized spacial score (nSPS) is 10.3. The van der Waals surface area contributed by atoms with Gasteiger partial charge in [0.05, 0.1) is 5.56 Å². The van der Waals surface area contributed by atoms with Crippen LogP contribution in [0.1, 0.15) is 24.2 Å². The largest absolute Gasteiger partial charge is 0.309 e. The lowest BCUT2D eigenvalue weighted by atomic mass is 10.1. The Morgan fingerprint density at radius 3 is 2.30 bits per heavy atom. The van der Waals surface area contributed by atoms with Crippen LogP contribution in [-0.2, 0) is 0 Å². The highest BCUT2D eigenvalue weighted by Gasteiger charge is 2.18. The third kappa shape index (κ3) is 3.23. The predicted octanol–water partition coefficient (Wildman–Crippen LogP) is 4.47. The molecule has 104 valence electrons. The molecule has 0 saturated carbocycles. The molecule has 1 amide bonds. The molecule has 0 N–H and O–H groups in total. The van der Waals surface area contributed by atoms with Crippen molar-refractivity contribution in [3.8, 4) is 0 Å². The van der Waals surface area contributed by atoms with E-state index in [1.807, 2.05) is 66.4 Å². The molecular weight excluding hydrogens is 266 g/mol. The topological polar surface area (TPSA) is 20.3 Å². The number of hydrogen-bond donors (Lipinski definition) is 0. The summed E-state index contributed by atoms with van der Waals surface area (Å²) in [7, 11) is 0. The lowest BCUT2D eigenvalue weighted by Gasteiger charge is -2.22. The monoisotopic (exact) mass is 285 g/mol. The number of amides is 1. The molecule has 0 aliphatic heterocycles. The molecule has 2 aromatic carbocycles. The van der Waals surface area contributed by atoms with Crippen molar-refractivity contribution < 1.29 is 4.79 Å². The number of benzene rings is 2.